The highest BCUT2D eigenvalue weighted by molar-refractivity contribution is 6.36. The van der Waals surface area contributed by atoms with E-state index in [9.17, 15) is 14.0 Å². The predicted octanol–water partition coefficient (Wildman–Crippen LogP) is 6.23. The minimum absolute atomic E-state index is 0.0807. The Balaban J connectivity index is 2.04. The molecule has 4 nitrogen and oxygen atoms in total. The molecule has 0 spiro atoms. The maximum absolute atomic E-state index is 14.7. The largest absolute Gasteiger partial charge is 0.350 e. The molecule has 184 valence electrons. The van der Waals surface area contributed by atoms with E-state index >= 15 is 0 Å². The molecule has 0 saturated carbocycles. The van der Waals surface area contributed by atoms with Crippen molar-refractivity contribution in [2.45, 2.75) is 51.7 Å². The summed E-state index contributed by atoms with van der Waals surface area (Å²) >= 11 is 12.7. The number of halogens is 3. The molecular formula is C28H29Cl2FN2O2. The summed E-state index contributed by atoms with van der Waals surface area (Å²) < 4.78 is 14.7. The van der Waals surface area contributed by atoms with Crippen LogP contribution < -0.4 is 5.32 Å². The van der Waals surface area contributed by atoms with Crippen molar-refractivity contribution < 1.29 is 14.0 Å². The van der Waals surface area contributed by atoms with Gasteiger partial charge >= 0.3 is 0 Å². The molecule has 7 heteroatoms. The quantitative estimate of drug-likeness (QED) is 0.387. The number of nitrogens with one attached hydrogen (secondary N) is 1. The number of hydrogen-bond acceptors (Lipinski definition) is 2. The molecule has 0 radical (unpaired) electrons. The Hall–Kier alpha value is -2.89. The van der Waals surface area contributed by atoms with E-state index in [0.717, 1.165) is 5.56 Å². The molecular weight excluding hydrogens is 486 g/mol. The van der Waals surface area contributed by atoms with Crippen LogP contribution in [0.15, 0.2) is 72.8 Å². The third-order valence-electron chi connectivity index (χ3n) is 5.46. The maximum atomic E-state index is 14.7. The fraction of sp³-hybridized carbons (Fsp3) is 0.286. The Morgan fingerprint density at radius 2 is 1.51 bits per heavy atom. The SMILES string of the molecule is CC(C)(C)NC(=O)[C@@H](Cc1ccccc1)N(Cc1ccccc1F)C(=O)Cc1c(Cl)cccc1Cl. The molecule has 0 heterocycles. The van der Waals surface area contributed by atoms with Crippen LogP contribution in [0.25, 0.3) is 0 Å². The van der Waals surface area contributed by atoms with E-state index in [1.165, 1.54) is 11.0 Å². The van der Waals surface area contributed by atoms with Crippen LogP contribution in [0.2, 0.25) is 10.0 Å². The molecule has 1 N–H and O–H groups in total. The first-order chi connectivity index (χ1) is 16.5. The Kier molecular flexibility index (Phi) is 8.92. The molecule has 3 rings (SSSR count). The molecule has 0 unspecified atom stereocenters. The number of carbonyl (C=O) groups excluding carboxylic acids is 2. The van der Waals surface area contributed by atoms with E-state index < -0.39 is 17.4 Å². The molecule has 0 saturated heterocycles. The third kappa shape index (κ3) is 7.55. The molecule has 1 atom stereocenters. The first-order valence-corrected chi connectivity index (χ1v) is 12.1. The second kappa shape index (κ2) is 11.7. The van der Waals surface area contributed by atoms with Crippen LogP contribution in [0.4, 0.5) is 4.39 Å². The van der Waals surface area contributed by atoms with E-state index in [2.05, 4.69) is 5.32 Å². The van der Waals surface area contributed by atoms with Crippen LogP contribution in [-0.4, -0.2) is 28.3 Å². The number of benzene rings is 3. The first-order valence-electron chi connectivity index (χ1n) is 11.4. The van der Waals surface area contributed by atoms with Gasteiger partial charge in [0, 0.05) is 34.1 Å². The predicted molar refractivity (Wildman–Crippen MR) is 139 cm³/mol. The summed E-state index contributed by atoms with van der Waals surface area (Å²) in [6.45, 7) is 5.54. The van der Waals surface area contributed by atoms with Gasteiger partial charge in [-0.05, 0) is 50.1 Å². The Bertz CT molecular complexity index is 1160. The van der Waals surface area contributed by atoms with Crippen molar-refractivity contribution in [1.82, 2.24) is 10.2 Å². The number of nitrogens with zero attached hydrogens (tertiary/aromatic N) is 1. The molecule has 35 heavy (non-hydrogen) atoms. The van der Waals surface area contributed by atoms with Crippen molar-refractivity contribution in [3.05, 3.63) is 105 Å². The Morgan fingerprint density at radius 1 is 0.914 bits per heavy atom. The van der Waals surface area contributed by atoms with Crippen molar-refractivity contribution in [2.24, 2.45) is 0 Å². The van der Waals surface area contributed by atoms with Crippen molar-refractivity contribution in [3.8, 4) is 0 Å². The summed E-state index contributed by atoms with van der Waals surface area (Å²) in [5.41, 5.74) is 1.13. The van der Waals surface area contributed by atoms with Gasteiger partial charge in [0.25, 0.3) is 0 Å². The number of carbonyl (C=O) groups is 2. The summed E-state index contributed by atoms with van der Waals surface area (Å²) in [7, 11) is 0. The molecule has 0 aliphatic heterocycles. The molecule has 3 aromatic carbocycles. The smallest absolute Gasteiger partial charge is 0.243 e. The zero-order valence-electron chi connectivity index (χ0n) is 20.0. The van der Waals surface area contributed by atoms with Crippen LogP contribution >= 0.6 is 23.2 Å². The Labute approximate surface area is 216 Å². The number of amides is 2. The van der Waals surface area contributed by atoms with E-state index in [1.807, 2.05) is 51.1 Å². The van der Waals surface area contributed by atoms with Gasteiger partial charge in [-0.15, -0.1) is 0 Å². The minimum atomic E-state index is -0.884. The fourth-order valence-corrected chi connectivity index (χ4v) is 4.30. The Morgan fingerprint density at radius 3 is 2.11 bits per heavy atom. The summed E-state index contributed by atoms with van der Waals surface area (Å²) in [6, 6.07) is 19.8. The third-order valence-corrected chi connectivity index (χ3v) is 6.17. The molecule has 0 aliphatic rings. The normalized spacial score (nSPS) is 12.2. The monoisotopic (exact) mass is 514 g/mol. The molecule has 0 fully saturated rings. The lowest BCUT2D eigenvalue weighted by atomic mass is 9.99. The molecule has 3 aromatic rings. The van der Waals surface area contributed by atoms with Crippen LogP contribution in [0.5, 0.6) is 0 Å². The zero-order chi connectivity index (χ0) is 25.6. The van der Waals surface area contributed by atoms with Gasteiger partial charge < -0.3 is 10.2 Å². The summed E-state index contributed by atoms with van der Waals surface area (Å²) in [5.74, 6) is -1.15. The summed E-state index contributed by atoms with van der Waals surface area (Å²) in [4.78, 5) is 28.7. The number of hydrogen-bond donors (Lipinski definition) is 1. The average Bonchev–Trinajstić information content (AvgIpc) is 2.79. The van der Waals surface area contributed by atoms with Gasteiger partial charge in [0.15, 0.2) is 0 Å². The van der Waals surface area contributed by atoms with Crippen LogP contribution in [-0.2, 0) is 29.0 Å². The van der Waals surface area contributed by atoms with Gasteiger partial charge in [-0.3, -0.25) is 9.59 Å². The van der Waals surface area contributed by atoms with Crippen LogP contribution in [0.1, 0.15) is 37.5 Å². The highest BCUT2D eigenvalue weighted by atomic mass is 35.5. The van der Waals surface area contributed by atoms with Crippen LogP contribution in [0.3, 0.4) is 0 Å². The number of rotatable bonds is 8. The lowest BCUT2D eigenvalue weighted by Crippen LogP contribution is -2.54. The molecule has 0 bridgehead atoms. The molecule has 2 amide bonds. The highest BCUT2D eigenvalue weighted by Gasteiger charge is 2.33. The average molecular weight is 515 g/mol. The minimum Gasteiger partial charge on any atom is -0.350 e. The first kappa shape index (κ1) is 26.7. The van der Waals surface area contributed by atoms with Crippen molar-refractivity contribution in [1.29, 1.82) is 0 Å². The van der Waals surface area contributed by atoms with Crippen molar-refractivity contribution in [2.75, 3.05) is 0 Å². The van der Waals surface area contributed by atoms with Gasteiger partial charge in [-0.1, -0.05) is 77.8 Å². The van der Waals surface area contributed by atoms with Crippen molar-refractivity contribution >= 4 is 35.0 Å². The van der Waals surface area contributed by atoms with Gasteiger partial charge in [0.1, 0.15) is 11.9 Å². The summed E-state index contributed by atoms with van der Waals surface area (Å²) in [5, 5.41) is 3.70. The second-order valence-electron chi connectivity index (χ2n) is 9.43. The lowest BCUT2D eigenvalue weighted by Gasteiger charge is -2.34. The lowest BCUT2D eigenvalue weighted by molar-refractivity contribution is -0.141. The molecule has 0 aliphatic carbocycles. The highest BCUT2D eigenvalue weighted by Crippen LogP contribution is 2.26. The van der Waals surface area contributed by atoms with Crippen LogP contribution in [0, 0.1) is 5.82 Å². The zero-order valence-corrected chi connectivity index (χ0v) is 21.5. The van der Waals surface area contributed by atoms with E-state index in [4.69, 9.17) is 23.2 Å². The maximum Gasteiger partial charge on any atom is 0.243 e. The van der Waals surface area contributed by atoms with E-state index in [0.29, 0.717) is 21.2 Å². The second-order valence-corrected chi connectivity index (χ2v) is 10.2. The fourth-order valence-electron chi connectivity index (χ4n) is 3.77. The van der Waals surface area contributed by atoms with Gasteiger partial charge in [-0.2, -0.15) is 0 Å². The molecule has 0 aromatic heterocycles. The standard InChI is InChI=1S/C28H29Cl2FN2O2/c1-28(2,3)32-27(35)25(16-19-10-5-4-6-11-19)33(18-20-12-7-8-15-24(20)31)26(34)17-21-22(29)13-9-14-23(21)30/h4-15,25H,16-18H2,1-3H3,(H,32,35)/t25-/m1/s1. The summed E-state index contributed by atoms with van der Waals surface area (Å²) in [6.07, 6.45) is 0.139. The van der Waals surface area contributed by atoms with E-state index in [-0.39, 0.29) is 31.2 Å². The topological polar surface area (TPSA) is 49.4 Å². The van der Waals surface area contributed by atoms with Gasteiger partial charge in [0.05, 0.1) is 6.42 Å². The van der Waals surface area contributed by atoms with Gasteiger partial charge in [-0.25, -0.2) is 4.39 Å². The van der Waals surface area contributed by atoms with E-state index in [1.54, 1.807) is 36.4 Å². The van der Waals surface area contributed by atoms with Gasteiger partial charge in [0.2, 0.25) is 11.8 Å². The van der Waals surface area contributed by atoms with Crippen molar-refractivity contribution in [3.63, 3.8) is 0 Å².